The Morgan fingerprint density at radius 3 is 2.72 bits per heavy atom. The number of imidazole rings is 1. The molecule has 2 aromatic heterocycles. The fourth-order valence-corrected chi connectivity index (χ4v) is 3.34. The highest BCUT2D eigenvalue weighted by molar-refractivity contribution is 7.91. The van der Waals surface area contributed by atoms with Crippen molar-refractivity contribution >= 4 is 32.5 Å². The number of hydrogen-bond acceptors (Lipinski definition) is 8. The van der Waals surface area contributed by atoms with Gasteiger partial charge in [0.15, 0.2) is 0 Å². The number of amides is 1. The quantitative estimate of drug-likeness (QED) is 0.218. The maximum Gasteiger partial charge on any atom is 0.348 e. The van der Waals surface area contributed by atoms with Crippen LogP contribution in [0.25, 0.3) is 16.6 Å². The second-order valence-corrected chi connectivity index (χ2v) is 8.35. The Labute approximate surface area is 179 Å². The van der Waals surface area contributed by atoms with Crippen molar-refractivity contribution in [3.8, 4) is 5.69 Å². The summed E-state index contributed by atoms with van der Waals surface area (Å²) in [6.45, 7) is 3.75. The summed E-state index contributed by atoms with van der Waals surface area (Å²) in [7, 11) is -3.96. The zero-order valence-electron chi connectivity index (χ0n) is 16.6. The van der Waals surface area contributed by atoms with Gasteiger partial charge in [0, 0.05) is 18.8 Å². The fourth-order valence-electron chi connectivity index (χ4n) is 2.84. The Hall–Kier alpha value is -4.27. The van der Waals surface area contributed by atoms with Gasteiger partial charge in [-0.2, -0.15) is 4.68 Å². The topological polar surface area (TPSA) is 191 Å². The van der Waals surface area contributed by atoms with Gasteiger partial charge in [-0.15, -0.1) is 6.58 Å². The molecule has 0 saturated heterocycles. The monoisotopic (exact) mass is 463 g/mol. The van der Waals surface area contributed by atoms with E-state index in [1.807, 2.05) is 0 Å². The van der Waals surface area contributed by atoms with E-state index in [2.05, 4.69) is 21.9 Å². The van der Waals surface area contributed by atoms with Crippen molar-refractivity contribution in [2.75, 3.05) is 17.6 Å². The number of carbonyl (C=O) groups is 1. The number of nitrogens with zero attached hydrogens (tertiary/aromatic N) is 4. The summed E-state index contributed by atoms with van der Waals surface area (Å²) in [5.41, 5.74) is -2.55. The molecule has 3 rings (SSSR count). The maximum absolute atomic E-state index is 12.7. The predicted octanol–water partition coefficient (Wildman–Crippen LogP) is -0.868. The third-order valence-electron chi connectivity index (χ3n) is 4.15. The van der Waals surface area contributed by atoms with E-state index in [-0.39, 0.29) is 40.1 Å². The summed E-state index contributed by atoms with van der Waals surface area (Å²) in [6, 6.07) is 2.10. The predicted molar refractivity (Wildman–Crippen MR) is 114 cm³/mol. The molecule has 0 bridgehead atoms. The molecule has 168 valence electrons. The van der Waals surface area contributed by atoms with E-state index in [4.69, 9.17) is 0 Å². The largest absolute Gasteiger partial charge is 0.352 e. The first-order valence-corrected chi connectivity index (χ1v) is 10.8. The first-order chi connectivity index (χ1) is 15.0. The van der Waals surface area contributed by atoms with E-state index in [1.54, 1.807) is 4.83 Å². The number of sulfonamides is 1. The van der Waals surface area contributed by atoms with E-state index in [0.29, 0.717) is 5.69 Å². The van der Waals surface area contributed by atoms with Crippen LogP contribution >= 0.6 is 0 Å². The number of carbonyl (C=O) groups excluding carboxylic acids is 1. The summed E-state index contributed by atoms with van der Waals surface area (Å²) < 4.78 is 24.4. The molecule has 0 saturated carbocycles. The number of aromatic nitrogens is 4. The van der Waals surface area contributed by atoms with Crippen LogP contribution < -0.4 is 21.4 Å². The highest BCUT2D eigenvalue weighted by Crippen LogP contribution is 2.26. The van der Waals surface area contributed by atoms with Crippen LogP contribution in [0.2, 0.25) is 0 Å². The minimum Gasteiger partial charge on any atom is -0.352 e. The standard InChI is InChI=1S/C17H17N7O7S/c1-3-4-18-15(25)5-10-8-22(9-19-10)13-6-11-12(7-14(13)24(28)29)20-17(27)23(16(11)26)21-32(2,30)31/h3,6-9,21H,1,4-5H2,2H3,(H,18,25)(H,20,27). The number of nitrogens with one attached hydrogen (secondary N) is 3. The van der Waals surface area contributed by atoms with Crippen molar-refractivity contribution < 1.29 is 18.1 Å². The number of fused-ring (bicyclic) bond motifs is 1. The number of nitro groups is 1. The molecule has 15 heteroatoms. The van der Waals surface area contributed by atoms with Gasteiger partial charge in [-0.25, -0.2) is 23.0 Å². The Balaban J connectivity index is 2.14. The van der Waals surface area contributed by atoms with Gasteiger partial charge < -0.3 is 10.3 Å². The molecule has 1 amide bonds. The second kappa shape index (κ2) is 8.46. The summed E-state index contributed by atoms with van der Waals surface area (Å²) in [5.74, 6) is -0.338. The smallest absolute Gasteiger partial charge is 0.348 e. The summed E-state index contributed by atoms with van der Waals surface area (Å²) in [5, 5.41) is 14.0. The van der Waals surface area contributed by atoms with E-state index < -0.39 is 31.9 Å². The van der Waals surface area contributed by atoms with Gasteiger partial charge in [0.05, 0.1) is 40.5 Å². The lowest BCUT2D eigenvalue weighted by Crippen LogP contribution is -2.43. The zero-order chi connectivity index (χ0) is 23.6. The highest BCUT2D eigenvalue weighted by atomic mass is 32.2. The average Bonchev–Trinajstić information content (AvgIpc) is 3.16. The number of nitro benzene ring substituents is 1. The fraction of sp³-hybridized carbons (Fsp3) is 0.176. The molecule has 0 aliphatic heterocycles. The van der Waals surface area contributed by atoms with Crippen molar-refractivity contribution in [2.24, 2.45) is 0 Å². The highest BCUT2D eigenvalue weighted by Gasteiger charge is 2.21. The number of rotatable bonds is 8. The van der Waals surface area contributed by atoms with Gasteiger partial charge in [-0.1, -0.05) is 6.08 Å². The van der Waals surface area contributed by atoms with Gasteiger partial charge in [0.25, 0.3) is 11.2 Å². The molecule has 0 aliphatic carbocycles. The molecule has 0 aliphatic rings. The first kappa shape index (κ1) is 22.4. The Morgan fingerprint density at radius 1 is 1.38 bits per heavy atom. The van der Waals surface area contributed by atoms with E-state index in [0.717, 1.165) is 18.4 Å². The van der Waals surface area contributed by atoms with Crippen LogP contribution in [0.4, 0.5) is 5.69 Å². The third kappa shape index (κ3) is 4.72. The lowest BCUT2D eigenvalue weighted by molar-refractivity contribution is -0.384. The number of H-pyrrole nitrogens is 1. The number of hydrogen-bond donors (Lipinski definition) is 3. The molecular formula is C17H17N7O7S. The van der Waals surface area contributed by atoms with Crippen LogP contribution in [0.5, 0.6) is 0 Å². The van der Waals surface area contributed by atoms with Crippen LogP contribution in [-0.4, -0.2) is 51.3 Å². The SMILES string of the molecule is C=CCNC(=O)Cc1cn(-c2cc3c(=O)n(NS(C)(=O)=O)c(=O)[nH]c3cc2[N+](=O)[O-])cn1. The molecular weight excluding hydrogens is 446 g/mol. The van der Waals surface area contributed by atoms with Crippen LogP contribution in [0.15, 0.2) is 46.9 Å². The third-order valence-corrected chi connectivity index (χ3v) is 4.66. The average molecular weight is 463 g/mol. The van der Waals surface area contributed by atoms with Crippen molar-refractivity contribution in [2.45, 2.75) is 6.42 Å². The molecule has 0 spiro atoms. The van der Waals surface area contributed by atoms with Crippen molar-refractivity contribution in [1.82, 2.24) is 24.5 Å². The number of benzene rings is 1. The normalized spacial score (nSPS) is 11.3. The molecule has 32 heavy (non-hydrogen) atoms. The van der Waals surface area contributed by atoms with Crippen LogP contribution in [0.1, 0.15) is 5.69 Å². The van der Waals surface area contributed by atoms with Crippen molar-refractivity contribution in [3.05, 3.63) is 74.0 Å². The molecule has 2 heterocycles. The van der Waals surface area contributed by atoms with E-state index in [9.17, 15) is 32.9 Å². The lowest BCUT2D eigenvalue weighted by Gasteiger charge is -2.09. The Bertz CT molecular complexity index is 1470. The molecule has 3 aromatic rings. The summed E-state index contributed by atoms with van der Waals surface area (Å²) >= 11 is 0. The van der Waals surface area contributed by atoms with Crippen LogP contribution in [-0.2, 0) is 21.2 Å². The minimum absolute atomic E-state index is 0.0807. The Morgan fingerprint density at radius 2 is 2.09 bits per heavy atom. The van der Waals surface area contributed by atoms with Crippen molar-refractivity contribution in [3.63, 3.8) is 0 Å². The molecule has 0 atom stereocenters. The Kier molecular flexibility index (Phi) is 5.93. The van der Waals surface area contributed by atoms with Gasteiger partial charge >= 0.3 is 5.69 Å². The van der Waals surface area contributed by atoms with E-state index >= 15 is 0 Å². The molecule has 14 nitrogen and oxygen atoms in total. The molecule has 0 radical (unpaired) electrons. The van der Waals surface area contributed by atoms with Crippen LogP contribution in [0.3, 0.4) is 0 Å². The summed E-state index contributed by atoms with van der Waals surface area (Å²) in [4.78, 5) is 55.6. The maximum atomic E-state index is 12.7. The van der Waals surface area contributed by atoms with Gasteiger partial charge in [0.2, 0.25) is 15.9 Å². The zero-order valence-corrected chi connectivity index (χ0v) is 17.4. The van der Waals surface area contributed by atoms with Crippen molar-refractivity contribution in [1.29, 1.82) is 0 Å². The van der Waals surface area contributed by atoms with Crippen LogP contribution in [0, 0.1) is 10.1 Å². The molecule has 0 unspecified atom stereocenters. The minimum atomic E-state index is -3.96. The summed E-state index contributed by atoms with van der Waals surface area (Å²) in [6.07, 6.45) is 4.76. The molecule has 3 N–H and O–H groups in total. The van der Waals surface area contributed by atoms with E-state index in [1.165, 1.54) is 23.2 Å². The number of aromatic amines is 1. The van der Waals surface area contributed by atoms with Gasteiger partial charge in [0.1, 0.15) is 5.69 Å². The molecule has 0 fully saturated rings. The van der Waals surface area contributed by atoms with Gasteiger partial charge in [-0.3, -0.25) is 24.3 Å². The lowest BCUT2D eigenvalue weighted by atomic mass is 10.2. The molecule has 1 aromatic carbocycles. The first-order valence-electron chi connectivity index (χ1n) is 8.86. The van der Waals surface area contributed by atoms with Gasteiger partial charge in [-0.05, 0) is 6.07 Å². The second-order valence-electron chi connectivity index (χ2n) is 6.62.